The van der Waals surface area contributed by atoms with Crippen molar-refractivity contribution in [3.05, 3.63) is 86.3 Å². The normalized spacial score (nSPS) is 16.2. The van der Waals surface area contributed by atoms with E-state index in [9.17, 15) is 14.4 Å². The number of imide groups is 1. The van der Waals surface area contributed by atoms with E-state index in [1.807, 2.05) is 61.5 Å². The first-order valence-corrected chi connectivity index (χ1v) is 15.4. The lowest BCUT2D eigenvalue weighted by atomic mass is 10.1. The molecule has 9 nitrogen and oxygen atoms in total. The topological polar surface area (TPSA) is 97.4 Å². The number of hydrogen-bond acceptors (Lipinski definition) is 8. The quantitative estimate of drug-likeness (QED) is 0.210. The second-order valence-electron chi connectivity index (χ2n) is 9.47. The summed E-state index contributed by atoms with van der Waals surface area (Å²) in [5.41, 5.74) is 3.21. The second kappa shape index (κ2) is 14.1. The van der Waals surface area contributed by atoms with Crippen molar-refractivity contribution in [2.75, 3.05) is 49.7 Å². The van der Waals surface area contributed by atoms with E-state index in [-0.39, 0.29) is 11.4 Å². The number of amides is 3. The first-order valence-electron chi connectivity index (χ1n) is 13.5. The van der Waals surface area contributed by atoms with Crippen LogP contribution in [0.15, 0.2) is 71.6 Å². The molecule has 11 heteroatoms. The summed E-state index contributed by atoms with van der Waals surface area (Å²) in [6.45, 7) is 4.97. The van der Waals surface area contributed by atoms with Crippen LogP contribution in [-0.2, 0) is 20.9 Å². The van der Waals surface area contributed by atoms with Gasteiger partial charge >= 0.3 is 0 Å². The zero-order chi connectivity index (χ0) is 29.5. The van der Waals surface area contributed by atoms with Gasteiger partial charge in [0.15, 0.2) is 11.5 Å². The Balaban J connectivity index is 1.28. The van der Waals surface area contributed by atoms with Gasteiger partial charge < -0.3 is 24.4 Å². The number of carbonyl (C=O) groups is 3. The minimum Gasteiger partial charge on any atom is -0.490 e. The van der Waals surface area contributed by atoms with Gasteiger partial charge in [-0.25, -0.2) is 0 Å². The average molecular weight is 700 g/mol. The van der Waals surface area contributed by atoms with Crippen molar-refractivity contribution in [2.45, 2.75) is 13.5 Å². The molecule has 3 aromatic rings. The van der Waals surface area contributed by atoms with Crippen LogP contribution in [0.5, 0.6) is 11.5 Å². The van der Waals surface area contributed by atoms with E-state index < -0.39 is 17.1 Å². The maximum Gasteiger partial charge on any atom is 0.294 e. The van der Waals surface area contributed by atoms with Crippen LogP contribution in [0, 0.1) is 3.57 Å². The molecule has 1 N–H and O–H groups in total. The summed E-state index contributed by atoms with van der Waals surface area (Å²) >= 11 is 2.98. The molecule has 0 radical (unpaired) electrons. The van der Waals surface area contributed by atoms with E-state index in [4.69, 9.17) is 14.2 Å². The monoisotopic (exact) mass is 699 g/mol. The number of benzene rings is 3. The second-order valence-corrected chi connectivity index (χ2v) is 11.6. The van der Waals surface area contributed by atoms with Crippen molar-refractivity contribution < 1.29 is 28.6 Å². The lowest BCUT2D eigenvalue weighted by Crippen LogP contribution is -2.38. The maximum absolute atomic E-state index is 13.2. The van der Waals surface area contributed by atoms with Gasteiger partial charge in [-0.2, -0.15) is 0 Å². The Labute approximate surface area is 262 Å². The van der Waals surface area contributed by atoms with Crippen molar-refractivity contribution >= 4 is 68.9 Å². The number of para-hydroxylation sites is 2. The first-order chi connectivity index (χ1) is 20.4. The van der Waals surface area contributed by atoms with Crippen LogP contribution in [0.25, 0.3) is 6.08 Å². The zero-order valence-corrected chi connectivity index (χ0v) is 26.0. The third-order valence-corrected chi connectivity index (χ3v) is 8.27. The average Bonchev–Trinajstić information content (AvgIpc) is 3.25. The molecule has 3 amide bonds. The molecule has 0 bridgehead atoms. The first kappa shape index (κ1) is 29.9. The molecule has 0 atom stereocenters. The van der Waals surface area contributed by atoms with Gasteiger partial charge in [0, 0.05) is 13.1 Å². The predicted octanol–water partition coefficient (Wildman–Crippen LogP) is 5.78. The van der Waals surface area contributed by atoms with E-state index >= 15 is 0 Å². The number of thioether (sulfide) groups is 1. The molecule has 0 aliphatic carbocycles. The molecule has 2 aliphatic rings. The Kier molecular flexibility index (Phi) is 10.0. The van der Waals surface area contributed by atoms with Crippen molar-refractivity contribution in [2.24, 2.45) is 0 Å². The third kappa shape index (κ3) is 7.26. The molecule has 0 spiro atoms. The molecule has 2 heterocycles. The molecular formula is C31H30IN3O6S. The van der Waals surface area contributed by atoms with Crippen molar-refractivity contribution in [3.8, 4) is 11.5 Å². The summed E-state index contributed by atoms with van der Waals surface area (Å²) in [5, 5.41) is 2.38. The van der Waals surface area contributed by atoms with Gasteiger partial charge in [-0.05, 0) is 82.7 Å². The number of ether oxygens (including phenoxy) is 3. The number of nitrogens with one attached hydrogen (secondary N) is 1. The highest BCUT2D eigenvalue weighted by Gasteiger charge is 2.36. The summed E-state index contributed by atoms with van der Waals surface area (Å²) in [7, 11) is 0. The van der Waals surface area contributed by atoms with Crippen LogP contribution >= 0.6 is 34.4 Å². The molecule has 2 fully saturated rings. The number of anilines is 2. The Hall–Kier alpha value is -3.55. The van der Waals surface area contributed by atoms with Gasteiger partial charge in [0.25, 0.3) is 11.1 Å². The smallest absolute Gasteiger partial charge is 0.294 e. The SMILES string of the molecule is CCOc1cc(/C=C2/SC(=O)N(CC(=O)Nc3ccccc3N3CCOCC3)C2=O)cc(I)c1OCc1ccccc1. The van der Waals surface area contributed by atoms with Gasteiger partial charge in [-0.1, -0.05) is 42.5 Å². The number of halogens is 1. The van der Waals surface area contributed by atoms with Crippen molar-refractivity contribution in [3.63, 3.8) is 0 Å². The molecule has 2 saturated heterocycles. The highest BCUT2D eigenvalue weighted by atomic mass is 127. The van der Waals surface area contributed by atoms with Gasteiger partial charge in [-0.3, -0.25) is 19.3 Å². The highest BCUT2D eigenvalue weighted by molar-refractivity contribution is 14.1. The van der Waals surface area contributed by atoms with Crippen LogP contribution in [0.2, 0.25) is 0 Å². The van der Waals surface area contributed by atoms with Gasteiger partial charge in [-0.15, -0.1) is 0 Å². The molecule has 0 aromatic heterocycles. The van der Waals surface area contributed by atoms with E-state index in [0.29, 0.717) is 62.3 Å². The number of rotatable bonds is 10. The van der Waals surface area contributed by atoms with Crippen LogP contribution in [0.1, 0.15) is 18.1 Å². The lowest BCUT2D eigenvalue weighted by molar-refractivity contribution is -0.127. The van der Waals surface area contributed by atoms with E-state index in [0.717, 1.165) is 31.5 Å². The van der Waals surface area contributed by atoms with E-state index in [1.54, 1.807) is 18.2 Å². The minimum atomic E-state index is -0.515. The van der Waals surface area contributed by atoms with Gasteiger partial charge in [0.1, 0.15) is 13.2 Å². The largest absolute Gasteiger partial charge is 0.490 e. The van der Waals surface area contributed by atoms with E-state index in [2.05, 4.69) is 32.8 Å². The minimum absolute atomic E-state index is 0.234. The van der Waals surface area contributed by atoms with Gasteiger partial charge in [0.05, 0.1) is 39.7 Å². The lowest BCUT2D eigenvalue weighted by Gasteiger charge is -2.30. The summed E-state index contributed by atoms with van der Waals surface area (Å²) in [6.07, 6.45) is 1.64. The molecule has 2 aliphatic heterocycles. The number of nitrogens with zero attached hydrogens (tertiary/aromatic N) is 2. The molecule has 42 heavy (non-hydrogen) atoms. The van der Waals surface area contributed by atoms with Crippen molar-refractivity contribution in [1.82, 2.24) is 4.90 Å². The Morgan fingerprint density at radius 3 is 2.55 bits per heavy atom. The summed E-state index contributed by atoms with van der Waals surface area (Å²) in [4.78, 5) is 42.3. The van der Waals surface area contributed by atoms with Crippen LogP contribution in [0.4, 0.5) is 16.2 Å². The third-order valence-electron chi connectivity index (χ3n) is 6.56. The van der Waals surface area contributed by atoms with Crippen molar-refractivity contribution in [1.29, 1.82) is 0 Å². The summed E-state index contributed by atoms with van der Waals surface area (Å²) in [5.74, 6) is 0.191. The Bertz CT molecular complexity index is 1490. The van der Waals surface area contributed by atoms with Crippen LogP contribution in [-0.4, -0.2) is 61.4 Å². The molecular weight excluding hydrogens is 669 g/mol. The maximum atomic E-state index is 13.2. The molecule has 218 valence electrons. The van der Waals surface area contributed by atoms with Gasteiger partial charge in [0.2, 0.25) is 5.91 Å². The molecule has 3 aromatic carbocycles. The standard InChI is InChI=1S/C31H30IN3O6S/c1-2-40-26-17-22(16-23(32)29(26)41-20-21-8-4-3-5-9-21)18-27-30(37)35(31(38)42-27)19-28(36)33-24-10-6-7-11-25(24)34-12-14-39-15-13-34/h3-11,16-18H,2,12-15,19-20H2,1H3,(H,33,36)/b27-18+. The number of hydrogen-bond donors (Lipinski definition) is 1. The summed E-state index contributed by atoms with van der Waals surface area (Å²) in [6, 6.07) is 21.0. The Morgan fingerprint density at radius 1 is 1.05 bits per heavy atom. The fourth-order valence-corrected chi connectivity index (χ4v) is 6.20. The summed E-state index contributed by atoms with van der Waals surface area (Å²) < 4.78 is 18.2. The Morgan fingerprint density at radius 2 is 1.79 bits per heavy atom. The van der Waals surface area contributed by atoms with Crippen LogP contribution < -0.4 is 19.7 Å². The number of carbonyl (C=O) groups excluding carboxylic acids is 3. The fourth-order valence-electron chi connectivity index (χ4n) is 4.58. The predicted molar refractivity (Wildman–Crippen MR) is 172 cm³/mol. The molecule has 0 saturated carbocycles. The molecule has 0 unspecified atom stereocenters. The van der Waals surface area contributed by atoms with Crippen LogP contribution in [0.3, 0.4) is 0 Å². The highest BCUT2D eigenvalue weighted by Crippen LogP contribution is 2.38. The zero-order valence-electron chi connectivity index (χ0n) is 23.0. The molecule has 5 rings (SSSR count). The number of morpholine rings is 1. The van der Waals surface area contributed by atoms with E-state index in [1.165, 1.54) is 0 Å². The fraction of sp³-hybridized carbons (Fsp3) is 0.258.